The van der Waals surface area contributed by atoms with Gasteiger partial charge in [0.15, 0.2) is 0 Å². The molecule has 1 rings (SSSR count). The number of hydrogen-bond acceptors (Lipinski definition) is 4. The molecule has 0 aliphatic carbocycles. The van der Waals surface area contributed by atoms with Crippen molar-refractivity contribution in [1.29, 1.82) is 0 Å². The van der Waals surface area contributed by atoms with Crippen molar-refractivity contribution in [1.82, 2.24) is 5.32 Å². The van der Waals surface area contributed by atoms with Crippen molar-refractivity contribution in [2.45, 2.75) is 25.8 Å². The third-order valence-corrected chi connectivity index (χ3v) is 4.69. The van der Waals surface area contributed by atoms with Gasteiger partial charge in [-0.1, -0.05) is 6.92 Å². The fraction of sp³-hybridized carbons (Fsp3) is 0.636. The van der Waals surface area contributed by atoms with E-state index in [1.807, 2.05) is 7.05 Å². The van der Waals surface area contributed by atoms with E-state index in [2.05, 4.69) is 24.4 Å². The molecule has 0 bridgehead atoms. The molecule has 92 valence electrons. The summed E-state index contributed by atoms with van der Waals surface area (Å²) in [5, 5.41) is 3.06. The van der Waals surface area contributed by atoms with Gasteiger partial charge in [-0.2, -0.15) is 0 Å². The summed E-state index contributed by atoms with van der Waals surface area (Å²) in [6.45, 7) is 2.13. The molecular formula is C11H19NO2S2. The number of sulfone groups is 1. The van der Waals surface area contributed by atoms with Gasteiger partial charge in [0.25, 0.3) is 0 Å². The third-order valence-electron chi connectivity index (χ3n) is 2.43. The van der Waals surface area contributed by atoms with Crippen LogP contribution in [0.3, 0.4) is 0 Å². The summed E-state index contributed by atoms with van der Waals surface area (Å²) >= 11 is 1.77. The van der Waals surface area contributed by atoms with Crippen LogP contribution in [0.1, 0.15) is 16.7 Å². The van der Waals surface area contributed by atoms with Gasteiger partial charge in [0.1, 0.15) is 9.84 Å². The van der Waals surface area contributed by atoms with E-state index in [0.717, 1.165) is 12.8 Å². The fourth-order valence-electron chi connectivity index (χ4n) is 1.57. The van der Waals surface area contributed by atoms with E-state index in [0.29, 0.717) is 0 Å². The van der Waals surface area contributed by atoms with Crippen molar-refractivity contribution in [3.05, 3.63) is 21.9 Å². The Hall–Kier alpha value is -0.390. The van der Waals surface area contributed by atoms with Crippen LogP contribution in [-0.4, -0.2) is 33.5 Å². The van der Waals surface area contributed by atoms with Crippen LogP contribution in [0.25, 0.3) is 0 Å². The van der Waals surface area contributed by atoms with Crippen molar-refractivity contribution in [3.63, 3.8) is 0 Å². The van der Waals surface area contributed by atoms with E-state index >= 15 is 0 Å². The molecule has 0 radical (unpaired) electrons. The molecule has 1 N–H and O–H groups in total. The summed E-state index contributed by atoms with van der Waals surface area (Å²) in [6.07, 6.45) is 3.11. The van der Waals surface area contributed by atoms with Gasteiger partial charge < -0.3 is 5.32 Å². The average Bonchev–Trinajstić information content (AvgIpc) is 2.62. The van der Waals surface area contributed by atoms with Crippen LogP contribution in [-0.2, 0) is 22.7 Å². The van der Waals surface area contributed by atoms with Crippen molar-refractivity contribution in [3.8, 4) is 0 Å². The van der Waals surface area contributed by atoms with Gasteiger partial charge in [0, 0.05) is 22.1 Å². The number of hydrogen-bond donors (Lipinski definition) is 1. The molecule has 1 unspecified atom stereocenters. The molecule has 0 aliphatic heterocycles. The molecule has 0 spiro atoms. The lowest BCUT2D eigenvalue weighted by Gasteiger charge is -2.13. The molecule has 1 aromatic heterocycles. The Kier molecular flexibility index (Phi) is 4.95. The molecule has 0 aromatic carbocycles. The van der Waals surface area contributed by atoms with Crippen molar-refractivity contribution < 1.29 is 8.42 Å². The third kappa shape index (κ3) is 4.63. The SMILES string of the molecule is CCc1ccc(CC(CS(C)(=O)=O)NC)s1. The largest absolute Gasteiger partial charge is 0.316 e. The van der Waals surface area contributed by atoms with Crippen LogP contribution in [0.5, 0.6) is 0 Å². The predicted octanol–water partition coefficient (Wildman–Crippen LogP) is 1.49. The molecule has 0 amide bonds. The summed E-state index contributed by atoms with van der Waals surface area (Å²) < 4.78 is 22.4. The lowest BCUT2D eigenvalue weighted by atomic mass is 10.2. The smallest absolute Gasteiger partial charge is 0.148 e. The first-order valence-corrected chi connectivity index (χ1v) is 8.25. The van der Waals surface area contributed by atoms with Gasteiger partial charge >= 0.3 is 0 Å². The number of likely N-dealkylation sites (N-methyl/N-ethyl adjacent to an activating group) is 1. The molecule has 1 aromatic rings. The summed E-state index contributed by atoms with van der Waals surface area (Å²) in [6, 6.07) is 4.22. The van der Waals surface area contributed by atoms with Crippen LogP contribution >= 0.6 is 11.3 Å². The summed E-state index contributed by atoms with van der Waals surface area (Å²) in [5.41, 5.74) is 0. The average molecular weight is 261 g/mol. The minimum atomic E-state index is -2.91. The Morgan fingerprint density at radius 1 is 1.38 bits per heavy atom. The zero-order valence-corrected chi connectivity index (χ0v) is 11.6. The summed E-state index contributed by atoms with van der Waals surface area (Å²) in [7, 11) is -1.10. The molecular weight excluding hydrogens is 242 g/mol. The lowest BCUT2D eigenvalue weighted by Crippen LogP contribution is -2.34. The first-order chi connectivity index (χ1) is 7.44. The van der Waals surface area contributed by atoms with E-state index in [9.17, 15) is 8.42 Å². The lowest BCUT2D eigenvalue weighted by molar-refractivity contribution is 0.568. The monoisotopic (exact) mass is 261 g/mol. The highest BCUT2D eigenvalue weighted by Crippen LogP contribution is 2.18. The minimum Gasteiger partial charge on any atom is -0.316 e. The van der Waals surface area contributed by atoms with E-state index in [1.165, 1.54) is 16.0 Å². The van der Waals surface area contributed by atoms with Crippen LogP contribution in [0, 0.1) is 0 Å². The standard InChI is InChI=1S/C11H19NO2S2/c1-4-10-5-6-11(15-10)7-9(12-2)8-16(3,13)14/h5-6,9,12H,4,7-8H2,1-3H3. The molecule has 0 saturated heterocycles. The minimum absolute atomic E-state index is 0.0124. The fourth-order valence-corrected chi connectivity index (χ4v) is 3.63. The van der Waals surface area contributed by atoms with Gasteiger partial charge in [-0.3, -0.25) is 0 Å². The first-order valence-electron chi connectivity index (χ1n) is 5.37. The predicted molar refractivity (Wildman–Crippen MR) is 70.0 cm³/mol. The van der Waals surface area contributed by atoms with Gasteiger partial charge in [0.2, 0.25) is 0 Å². The zero-order chi connectivity index (χ0) is 12.2. The van der Waals surface area contributed by atoms with Crippen LogP contribution in [0.15, 0.2) is 12.1 Å². The Labute approximate surface area is 102 Å². The maximum atomic E-state index is 11.2. The van der Waals surface area contributed by atoms with Gasteiger partial charge in [-0.25, -0.2) is 8.42 Å². The summed E-state index contributed by atoms with van der Waals surface area (Å²) in [4.78, 5) is 2.60. The maximum Gasteiger partial charge on any atom is 0.148 e. The quantitative estimate of drug-likeness (QED) is 0.844. The van der Waals surface area contributed by atoms with Crippen molar-refractivity contribution in [2.75, 3.05) is 19.1 Å². The number of nitrogens with one attached hydrogen (secondary N) is 1. The van der Waals surface area contributed by atoms with Gasteiger partial charge in [-0.05, 0) is 32.0 Å². The van der Waals surface area contributed by atoms with Crippen LogP contribution in [0.4, 0.5) is 0 Å². The second-order valence-electron chi connectivity index (χ2n) is 4.00. The molecule has 1 heterocycles. The van der Waals surface area contributed by atoms with Crippen molar-refractivity contribution in [2.24, 2.45) is 0 Å². The topological polar surface area (TPSA) is 46.2 Å². The van der Waals surface area contributed by atoms with Crippen molar-refractivity contribution >= 4 is 21.2 Å². The number of thiophene rings is 1. The number of aryl methyl sites for hydroxylation is 1. The zero-order valence-electron chi connectivity index (χ0n) is 9.99. The molecule has 3 nitrogen and oxygen atoms in total. The molecule has 5 heteroatoms. The molecule has 1 atom stereocenters. The Morgan fingerprint density at radius 3 is 2.44 bits per heavy atom. The van der Waals surface area contributed by atoms with E-state index in [-0.39, 0.29) is 11.8 Å². The molecule has 0 aliphatic rings. The first kappa shape index (κ1) is 13.7. The van der Waals surface area contributed by atoms with Crippen LogP contribution < -0.4 is 5.32 Å². The molecule has 0 saturated carbocycles. The van der Waals surface area contributed by atoms with E-state index in [4.69, 9.17) is 0 Å². The Balaban J connectivity index is 2.63. The van der Waals surface area contributed by atoms with Gasteiger partial charge in [-0.15, -0.1) is 11.3 Å². The van der Waals surface area contributed by atoms with Crippen LogP contribution in [0.2, 0.25) is 0 Å². The molecule has 0 fully saturated rings. The Bertz CT molecular complexity index is 423. The van der Waals surface area contributed by atoms with E-state index in [1.54, 1.807) is 11.3 Å². The van der Waals surface area contributed by atoms with Gasteiger partial charge in [0.05, 0.1) is 5.75 Å². The van der Waals surface area contributed by atoms with E-state index < -0.39 is 9.84 Å². The molecule has 16 heavy (non-hydrogen) atoms. The Morgan fingerprint density at radius 2 is 2.00 bits per heavy atom. The normalized spacial score (nSPS) is 13.9. The highest BCUT2D eigenvalue weighted by molar-refractivity contribution is 7.90. The second-order valence-corrected chi connectivity index (χ2v) is 7.44. The highest BCUT2D eigenvalue weighted by Gasteiger charge is 2.14. The second kappa shape index (κ2) is 5.80. The highest BCUT2D eigenvalue weighted by atomic mass is 32.2. The number of rotatable bonds is 6. The summed E-state index contributed by atoms with van der Waals surface area (Å²) in [5.74, 6) is 0.197. The maximum absolute atomic E-state index is 11.2.